The van der Waals surface area contributed by atoms with Crippen molar-refractivity contribution in [3.8, 4) is 5.75 Å². The first-order valence-corrected chi connectivity index (χ1v) is 15.5. The lowest BCUT2D eigenvalue weighted by Gasteiger charge is -2.15. The van der Waals surface area contributed by atoms with Gasteiger partial charge in [0, 0.05) is 12.5 Å². The number of carbonyl (C=O) groups excluding carboxylic acids is 1. The van der Waals surface area contributed by atoms with Crippen LogP contribution in [-0.2, 0) is 6.54 Å². The van der Waals surface area contributed by atoms with Crippen molar-refractivity contribution < 1.29 is 18.5 Å². The molecule has 0 bridgehead atoms. The zero-order chi connectivity index (χ0) is 27.7. The Morgan fingerprint density at radius 2 is 1.46 bits per heavy atom. The number of aryl methyl sites for hydroxylation is 1. The molecule has 0 saturated carbocycles. The van der Waals surface area contributed by atoms with E-state index in [1.165, 1.54) is 70.3 Å². The summed E-state index contributed by atoms with van der Waals surface area (Å²) < 4.78 is 22.5. The van der Waals surface area contributed by atoms with Gasteiger partial charge in [-0.1, -0.05) is 113 Å². The number of ether oxygens (including phenoxy) is 1. The number of urea groups is 1. The van der Waals surface area contributed by atoms with Crippen LogP contribution in [0.5, 0.6) is 5.75 Å². The van der Waals surface area contributed by atoms with Crippen molar-refractivity contribution in [2.75, 3.05) is 17.2 Å². The van der Waals surface area contributed by atoms with Gasteiger partial charge in [-0.05, 0) is 24.6 Å². The van der Waals surface area contributed by atoms with Crippen LogP contribution in [-0.4, -0.2) is 12.6 Å². The third-order valence-corrected chi connectivity index (χ3v) is 7.80. The highest BCUT2D eigenvalue weighted by atomic mass is 32.1. The molecule has 7 heteroatoms. The maximum atomic E-state index is 14.6. The molecule has 1 aromatic heterocycles. The molecule has 39 heavy (non-hydrogen) atoms. The summed E-state index contributed by atoms with van der Waals surface area (Å²) in [5.74, 6) is -0.384. The van der Waals surface area contributed by atoms with E-state index in [0.717, 1.165) is 24.1 Å². The van der Waals surface area contributed by atoms with Gasteiger partial charge in [-0.3, -0.25) is 0 Å². The van der Waals surface area contributed by atoms with Gasteiger partial charge in [-0.15, -0.1) is 0 Å². The molecule has 0 aliphatic carbocycles. The Labute approximate surface area is 237 Å². The molecule has 0 saturated heterocycles. The van der Waals surface area contributed by atoms with Crippen LogP contribution in [0.4, 0.5) is 20.6 Å². The fourth-order valence-electron chi connectivity index (χ4n) is 4.63. The highest BCUT2D eigenvalue weighted by molar-refractivity contribution is 7.07. The van der Waals surface area contributed by atoms with Crippen LogP contribution in [0.3, 0.4) is 0 Å². The normalized spacial score (nSPS) is 10.9. The Morgan fingerprint density at radius 3 is 2.13 bits per heavy atom. The summed E-state index contributed by atoms with van der Waals surface area (Å²) in [6, 6.07) is 11.9. The maximum Gasteiger partial charge on any atom is 0.323 e. The lowest BCUT2D eigenvalue weighted by Crippen LogP contribution is -2.35. The summed E-state index contributed by atoms with van der Waals surface area (Å²) in [6.45, 7) is 5.39. The molecule has 5 nitrogen and oxygen atoms in total. The molecular weight excluding hydrogens is 509 g/mol. The van der Waals surface area contributed by atoms with Crippen LogP contribution in [0, 0.1) is 12.7 Å². The highest BCUT2D eigenvalue weighted by Gasteiger charge is 2.16. The quantitative estimate of drug-likeness (QED) is 0.122. The summed E-state index contributed by atoms with van der Waals surface area (Å²) >= 11 is 1.64. The number of nitrogens with zero attached hydrogens (tertiary/aromatic N) is 1. The molecule has 0 unspecified atom stereocenters. The zero-order valence-corrected chi connectivity index (χ0v) is 24.5. The largest absolute Gasteiger partial charge is 0.488 e. The number of benzene rings is 2. The number of halogens is 1. The predicted octanol–water partition coefficient (Wildman–Crippen LogP) is 9.26. The van der Waals surface area contributed by atoms with E-state index in [2.05, 4.69) is 39.9 Å². The molecule has 0 radical (unpaired) electrons. The van der Waals surface area contributed by atoms with E-state index in [4.69, 9.17) is 4.74 Å². The second-order valence-electron chi connectivity index (χ2n) is 10.2. The number of thiazole rings is 1. The Morgan fingerprint density at radius 1 is 0.846 bits per heavy atom. The SMILES string of the molecule is CCCCCCCCCCCCCCOc1c(F)cccc1NC(=O)Nc1ccccc1C[n+]1cscc1C. The summed E-state index contributed by atoms with van der Waals surface area (Å²) in [4.78, 5) is 12.9. The van der Waals surface area contributed by atoms with Crippen LogP contribution in [0.25, 0.3) is 0 Å². The van der Waals surface area contributed by atoms with Crippen molar-refractivity contribution in [3.63, 3.8) is 0 Å². The summed E-state index contributed by atoms with van der Waals surface area (Å²) in [5.41, 5.74) is 5.24. The third kappa shape index (κ3) is 11.0. The van der Waals surface area contributed by atoms with Crippen LogP contribution >= 0.6 is 11.3 Å². The Hall–Kier alpha value is -2.93. The van der Waals surface area contributed by atoms with Crippen molar-refractivity contribution in [1.82, 2.24) is 0 Å². The number of carbonyl (C=O) groups is 1. The Balaban J connectivity index is 1.40. The smallest absolute Gasteiger partial charge is 0.323 e. The average molecular weight is 555 g/mol. The molecule has 3 aromatic rings. The van der Waals surface area contributed by atoms with Gasteiger partial charge in [0.25, 0.3) is 0 Å². The molecule has 2 aromatic carbocycles. The monoisotopic (exact) mass is 554 g/mol. The van der Waals surface area contributed by atoms with Crippen LogP contribution in [0.15, 0.2) is 53.4 Å². The van der Waals surface area contributed by atoms with Crippen LogP contribution in [0.1, 0.15) is 95.2 Å². The van der Waals surface area contributed by atoms with Gasteiger partial charge in [-0.25, -0.2) is 9.18 Å². The molecule has 0 spiro atoms. The number of para-hydroxylation sites is 2. The average Bonchev–Trinajstić information content (AvgIpc) is 3.33. The lowest BCUT2D eigenvalue weighted by atomic mass is 10.1. The Bertz CT molecular complexity index is 1130. The number of amides is 2. The zero-order valence-electron chi connectivity index (χ0n) is 23.6. The first-order chi connectivity index (χ1) is 19.1. The van der Waals surface area contributed by atoms with E-state index in [9.17, 15) is 9.18 Å². The minimum absolute atomic E-state index is 0.0912. The first-order valence-electron chi connectivity index (χ1n) is 14.6. The van der Waals surface area contributed by atoms with Crippen molar-refractivity contribution >= 4 is 28.7 Å². The number of hydrogen-bond donors (Lipinski definition) is 2. The maximum absolute atomic E-state index is 14.6. The fourth-order valence-corrected chi connectivity index (χ4v) is 5.41. The second-order valence-corrected chi connectivity index (χ2v) is 10.9. The minimum atomic E-state index is -0.475. The second kappa shape index (κ2) is 17.6. The standard InChI is InChI=1S/C32H44FN3O2S/c1-3-4-5-6-7-8-9-10-11-12-13-16-22-38-31-28(33)19-17-21-30(31)35-32(37)34-29-20-15-14-18-27(29)23-36-25-39-24-26(36)2/h14-15,17-21,24-25H,3-13,16,22-23H2,1-2H3,(H-,34,35,37)/p+1. The summed E-state index contributed by atoms with van der Waals surface area (Å²) in [7, 11) is 0. The molecule has 212 valence electrons. The number of unbranched alkanes of at least 4 members (excludes halogenated alkanes) is 11. The molecule has 3 rings (SSSR count). The minimum Gasteiger partial charge on any atom is -0.488 e. The molecule has 0 aliphatic heterocycles. The van der Waals surface area contributed by atoms with E-state index < -0.39 is 11.8 Å². The van der Waals surface area contributed by atoms with Crippen LogP contribution < -0.4 is 19.9 Å². The number of rotatable bonds is 18. The van der Waals surface area contributed by atoms with Gasteiger partial charge in [0.15, 0.2) is 23.8 Å². The van der Waals surface area contributed by atoms with Crippen molar-refractivity contribution in [2.45, 2.75) is 97.4 Å². The van der Waals surface area contributed by atoms with Crippen molar-refractivity contribution in [1.29, 1.82) is 0 Å². The van der Waals surface area contributed by atoms with Gasteiger partial charge < -0.3 is 15.4 Å². The van der Waals surface area contributed by atoms with E-state index in [1.54, 1.807) is 23.5 Å². The molecule has 1 heterocycles. The molecule has 0 aliphatic rings. The summed E-state index contributed by atoms with van der Waals surface area (Å²) in [6.07, 6.45) is 15.1. The van der Waals surface area contributed by atoms with Gasteiger partial charge in [0.2, 0.25) is 5.51 Å². The van der Waals surface area contributed by atoms with Crippen molar-refractivity contribution in [3.05, 3.63) is 70.4 Å². The fraction of sp³-hybridized carbons (Fsp3) is 0.500. The van der Waals surface area contributed by atoms with E-state index >= 15 is 0 Å². The lowest BCUT2D eigenvalue weighted by molar-refractivity contribution is -0.689. The van der Waals surface area contributed by atoms with Crippen LogP contribution in [0.2, 0.25) is 0 Å². The Kier molecular flexibility index (Phi) is 13.8. The number of nitrogens with one attached hydrogen (secondary N) is 2. The molecule has 2 amide bonds. The summed E-state index contributed by atoms with van der Waals surface area (Å²) in [5, 5.41) is 7.78. The number of aromatic nitrogens is 1. The van der Waals surface area contributed by atoms with E-state index in [0.29, 0.717) is 24.5 Å². The van der Waals surface area contributed by atoms with E-state index in [1.807, 2.05) is 24.3 Å². The molecular formula is C32H45FN3O2S+. The molecule has 0 fully saturated rings. The topological polar surface area (TPSA) is 54.2 Å². The van der Waals surface area contributed by atoms with Gasteiger partial charge in [-0.2, -0.15) is 4.57 Å². The van der Waals surface area contributed by atoms with E-state index in [-0.39, 0.29) is 5.75 Å². The number of hydrogen-bond acceptors (Lipinski definition) is 3. The predicted molar refractivity (Wildman–Crippen MR) is 160 cm³/mol. The van der Waals surface area contributed by atoms with Gasteiger partial charge in [0.1, 0.15) is 0 Å². The first kappa shape index (κ1) is 30.6. The third-order valence-electron chi connectivity index (χ3n) is 6.95. The van der Waals surface area contributed by atoms with Gasteiger partial charge in [0.05, 0.1) is 23.4 Å². The number of anilines is 2. The highest BCUT2D eigenvalue weighted by Crippen LogP contribution is 2.28. The molecule has 2 N–H and O–H groups in total. The van der Waals surface area contributed by atoms with Crippen molar-refractivity contribution in [2.24, 2.45) is 0 Å². The molecule has 0 atom stereocenters. The van der Waals surface area contributed by atoms with Gasteiger partial charge >= 0.3 is 6.03 Å².